The van der Waals surface area contributed by atoms with Crippen molar-refractivity contribution in [2.75, 3.05) is 0 Å². The molecule has 2 atom stereocenters. The molecule has 1 aliphatic carbocycles. The Bertz CT molecular complexity index is 903. The molecule has 4 amide bonds. The molecule has 1 fully saturated rings. The molecule has 0 bridgehead atoms. The summed E-state index contributed by atoms with van der Waals surface area (Å²) in [6, 6.07) is 5.07. The number of hydrogen-bond donors (Lipinski definition) is 3. The van der Waals surface area contributed by atoms with E-state index in [2.05, 4.69) is 10.6 Å². The molecule has 0 saturated heterocycles. The smallest absolute Gasteiger partial charge is 0.408 e. The third-order valence-electron chi connectivity index (χ3n) is 5.78. The van der Waals surface area contributed by atoms with Crippen LogP contribution < -0.4 is 16.4 Å². The van der Waals surface area contributed by atoms with Crippen LogP contribution in [0.4, 0.5) is 4.79 Å². The van der Waals surface area contributed by atoms with Crippen molar-refractivity contribution in [1.29, 1.82) is 0 Å². The molecule has 0 aliphatic heterocycles. The van der Waals surface area contributed by atoms with Crippen molar-refractivity contribution in [3.63, 3.8) is 0 Å². The number of ether oxygens (including phenoxy) is 1. The molecule has 9 nitrogen and oxygen atoms in total. The first-order chi connectivity index (χ1) is 16.3. The highest BCUT2D eigenvalue weighted by atomic mass is 16.6. The van der Waals surface area contributed by atoms with Gasteiger partial charge in [0.2, 0.25) is 17.7 Å². The monoisotopic (exact) mass is 488 g/mol. The number of rotatable bonds is 10. The molecule has 2 unspecified atom stereocenters. The van der Waals surface area contributed by atoms with Crippen molar-refractivity contribution in [3.8, 4) is 0 Å². The lowest BCUT2D eigenvalue weighted by Crippen LogP contribution is -2.58. The number of benzene rings is 1. The van der Waals surface area contributed by atoms with Crippen molar-refractivity contribution in [2.45, 2.75) is 103 Å². The maximum Gasteiger partial charge on any atom is 0.408 e. The maximum atomic E-state index is 13.9. The normalized spacial score (nSPS) is 15.5. The number of aryl methyl sites for hydroxylation is 1. The lowest BCUT2D eigenvalue weighted by atomic mass is 9.87. The Kier molecular flexibility index (Phi) is 9.68. The fourth-order valence-electron chi connectivity index (χ4n) is 3.95. The van der Waals surface area contributed by atoms with Gasteiger partial charge in [0.1, 0.15) is 17.7 Å². The molecule has 1 aromatic carbocycles. The standard InChI is InChI=1S/C26H40N4O5/c1-7-17-11-13-18(14-12-17)22(23(32)28-16(2)3)30(19-9-8-10-19)24(33)20(15-21(27)31)29-25(34)35-26(4,5)6/h11-14,16,19-20,22H,7-10,15H2,1-6H3,(H2,27,31)(H,28,32)(H,29,34). The van der Waals surface area contributed by atoms with Gasteiger partial charge < -0.3 is 26.0 Å². The number of nitrogens with one attached hydrogen (secondary N) is 2. The van der Waals surface area contributed by atoms with E-state index in [1.165, 1.54) is 4.90 Å². The van der Waals surface area contributed by atoms with Crippen LogP contribution in [0, 0.1) is 0 Å². The molecule has 0 spiro atoms. The molecule has 0 aromatic heterocycles. The Morgan fingerprint density at radius 3 is 2.11 bits per heavy atom. The van der Waals surface area contributed by atoms with E-state index in [0.717, 1.165) is 31.2 Å². The van der Waals surface area contributed by atoms with E-state index in [1.54, 1.807) is 20.8 Å². The summed E-state index contributed by atoms with van der Waals surface area (Å²) in [5.74, 6) is -1.61. The number of alkyl carbamates (subject to hydrolysis) is 1. The fourth-order valence-corrected chi connectivity index (χ4v) is 3.95. The van der Waals surface area contributed by atoms with Crippen LogP contribution >= 0.6 is 0 Å². The van der Waals surface area contributed by atoms with Gasteiger partial charge in [0.25, 0.3) is 0 Å². The van der Waals surface area contributed by atoms with Gasteiger partial charge in [0, 0.05) is 12.1 Å². The zero-order chi connectivity index (χ0) is 26.3. The Balaban J connectivity index is 2.48. The molecule has 4 N–H and O–H groups in total. The predicted octanol–water partition coefficient (Wildman–Crippen LogP) is 2.96. The first-order valence-electron chi connectivity index (χ1n) is 12.3. The minimum Gasteiger partial charge on any atom is -0.444 e. The second-order valence-electron chi connectivity index (χ2n) is 10.4. The number of carbonyl (C=O) groups excluding carboxylic acids is 4. The molecule has 0 heterocycles. The number of amides is 4. The Labute approximate surface area is 208 Å². The summed E-state index contributed by atoms with van der Waals surface area (Å²) in [6.45, 7) is 10.8. The molecule has 194 valence electrons. The van der Waals surface area contributed by atoms with Crippen LogP contribution in [0.15, 0.2) is 24.3 Å². The second kappa shape index (κ2) is 12.0. The molecule has 0 radical (unpaired) electrons. The van der Waals surface area contributed by atoms with Gasteiger partial charge in [0.05, 0.1) is 6.42 Å². The van der Waals surface area contributed by atoms with Crippen LogP contribution in [0.2, 0.25) is 0 Å². The van der Waals surface area contributed by atoms with Crippen molar-refractivity contribution in [3.05, 3.63) is 35.4 Å². The lowest BCUT2D eigenvalue weighted by molar-refractivity contribution is -0.148. The SMILES string of the molecule is CCc1ccc(C(C(=O)NC(C)C)N(C(=O)C(CC(N)=O)NC(=O)OC(C)(C)C)C2CCC2)cc1. The summed E-state index contributed by atoms with van der Waals surface area (Å²) in [6.07, 6.45) is 1.96. The van der Waals surface area contributed by atoms with Gasteiger partial charge in [-0.2, -0.15) is 0 Å². The van der Waals surface area contributed by atoms with E-state index in [1.807, 2.05) is 45.0 Å². The Hall–Kier alpha value is -3.10. The van der Waals surface area contributed by atoms with Gasteiger partial charge in [-0.1, -0.05) is 31.2 Å². The van der Waals surface area contributed by atoms with Crippen LogP contribution in [0.5, 0.6) is 0 Å². The topological polar surface area (TPSA) is 131 Å². The van der Waals surface area contributed by atoms with E-state index in [-0.39, 0.29) is 18.0 Å². The van der Waals surface area contributed by atoms with Gasteiger partial charge in [-0.25, -0.2) is 4.79 Å². The number of carbonyl (C=O) groups is 4. The zero-order valence-electron chi connectivity index (χ0n) is 21.7. The van der Waals surface area contributed by atoms with Gasteiger partial charge in [-0.05, 0) is 71.4 Å². The van der Waals surface area contributed by atoms with E-state index in [0.29, 0.717) is 5.56 Å². The van der Waals surface area contributed by atoms with Crippen LogP contribution in [-0.2, 0) is 25.5 Å². The molecular weight excluding hydrogens is 448 g/mol. The van der Waals surface area contributed by atoms with E-state index in [9.17, 15) is 19.2 Å². The van der Waals surface area contributed by atoms with E-state index >= 15 is 0 Å². The van der Waals surface area contributed by atoms with Crippen molar-refractivity contribution >= 4 is 23.8 Å². The third kappa shape index (κ3) is 8.26. The van der Waals surface area contributed by atoms with Crippen molar-refractivity contribution < 1.29 is 23.9 Å². The third-order valence-corrected chi connectivity index (χ3v) is 5.78. The summed E-state index contributed by atoms with van der Waals surface area (Å²) in [5, 5.41) is 5.43. The number of nitrogens with zero attached hydrogens (tertiary/aromatic N) is 1. The molecule has 35 heavy (non-hydrogen) atoms. The van der Waals surface area contributed by atoms with Gasteiger partial charge in [0.15, 0.2) is 0 Å². The van der Waals surface area contributed by atoms with Crippen LogP contribution in [0.1, 0.15) is 84.4 Å². The number of nitrogens with two attached hydrogens (primary N) is 1. The molecule has 1 aromatic rings. The summed E-state index contributed by atoms with van der Waals surface area (Å²) in [7, 11) is 0. The molecular formula is C26H40N4O5. The lowest BCUT2D eigenvalue weighted by Gasteiger charge is -2.43. The second-order valence-corrected chi connectivity index (χ2v) is 10.4. The highest BCUT2D eigenvalue weighted by Crippen LogP contribution is 2.34. The predicted molar refractivity (Wildman–Crippen MR) is 133 cm³/mol. The van der Waals surface area contributed by atoms with Gasteiger partial charge in [-0.3, -0.25) is 14.4 Å². The summed E-state index contributed by atoms with van der Waals surface area (Å²) in [4.78, 5) is 53.2. The Morgan fingerprint density at radius 1 is 1.09 bits per heavy atom. The maximum absolute atomic E-state index is 13.9. The molecule has 1 aliphatic rings. The van der Waals surface area contributed by atoms with Crippen LogP contribution in [0.25, 0.3) is 0 Å². The first-order valence-corrected chi connectivity index (χ1v) is 12.3. The average molecular weight is 489 g/mol. The fraction of sp³-hybridized carbons (Fsp3) is 0.615. The van der Waals surface area contributed by atoms with E-state index in [4.69, 9.17) is 10.5 Å². The summed E-state index contributed by atoms with van der Waals surface area (Å²) in [5.41, 5.74) is 6.40. The number of hydrogen-bond acceptors (Lipinski definition) is 5. The summed E-state index contributed by atoms with van der Waals surface area (Å²) < 4.78 is 5.30. The quantitative estimate of drug-likeness (QED) is 0.466. The minimum atomic E-state index is -1.26. The summed E-state index contributed by atoms with van der Waals surface area (Å²) >= 11 is 0. The van der Waals surface area contributed by atoms with Crippen molar-refractivity contribution in [1.82, 2.24) is 15.5 Å². The van der Waals surface area contributed by atoms with E-state index < -0.39 is 42.0 Å². The number of primary amides is 1. The van der Waals surface area contributed by atoms with Gasteiger partial charge >= 0.3 is 6.09 Å². The van der Waals surface area contributed by atoms with Crippen LogP contribution in [-0.4, -0.2) is 52.4 Å². The first kappa shape index (κ1) is 28.1. The molecule has 9 heteroatoms. The average Bonchev–Trinajstić information content (AvgIpc) is 2.69. The highest BCUT2D eigenvalue weighted by Gasteiger charge is 2.42. The van der Waals surface area contributed by atoms with Gasteiger partial charge in [-0.15, -0.1) is 0 Å². The molecule has 2 rings (SSSR count). The minimum absolute atomic E-state index is 0.139. The Morgan fingerprint density at radius 2 is 1.69 bits per heavy atom. The highest BCUT2D eigenvalue weighted by molar-refractivity contribution is 5.94. The zero-order valence-corrected chi connectivity index (χ0v) is 21.7. The largest absolute Gasteiger partial charge is 0.444 e. The van der Waals surface area contributed by atoms with Crippen LogP contribution in [0.3, 0.4) is 0 Å². The van der Waals surface area contributed by atoms with Crippen molar-refractivity contribution in [2.24, 2.45) is 5.73 Å². The molecule has 1 saturated carbocycles.